The van der Waals surface area contributed by atoms with Gasteiger partial charge in [0.2, 0.25) is 0 Å². The summed E-state index contributed by atoms with van der Waals surface area (Å²) in [5, 5.41) is 2.60. The largest absolute Gasteiger partial charge is 0.464 e. The summed E-state index contributed by atoms with van der Waals surface area (Å²) in [4.78, 5) is 24.2. The Kier molecular flexibility index (Phi) is 7.72. The predicted octanol–water partition coefficient (Wildman–Crippen LogP) is 3.69. The Labute approximate surface area is 160 Å². The molecule has 0 aromatic heterocycles. The number of carbonyl (C=O) groups is 2. The van der Waals surface area contributed by atoms with Crippen LogP contribution in [0.5, 0.6) is 0 Å². The molecule has 0 aliphatic heterocycles. The zero-order valence-corrected chi connectivity index (χ0v) is 16.1. The van der Waals surface area contributed by atoms with E-state index in [0.29, 0.717) is 6.42 Å². The number of ether oxygens (including phenoxy) is 2. The fourth-order valence-corrected chi connectivity index (χ4v) is 2.56. The lowest BCUT2D eigenvalue weighted by molar-refractivity contribution is -0.145. The third-order valence-electron chi connectivity index (χ3n) is 3.43. The molecule has 132 valence electrons. The van der Waals surface area contributed by atoms with Gasteiger partial charge < -0.3 is 14.8 Å². The Hall–Kier alpha value is -2.09. The number of nitrogens with one attached hydrogen (secondary N) is 1. The van der Waals surface area contributed by atoms with Gasteiger partial charge in [0.15, 0.2) is 0 Å². The average molecular weight is 453 g/mol. The third-order valence-corrected chi connectivity index (χ3v) is 4.15. The van der Waals surface area contributed by atoms with Crippen LogP contribution in [0, 0.1) is 3.57 Å². The lowest BCUT2D eigenvalue weighted by atomic mass is 10.1. The van der Waals surface area contributed by atoms with E-state index in [1.54, 1.807) is 6.92 Å². The van der Waals surface area contributed by atoms with E-state index in [1.807, 2.05) is 54.6 Å². The molecule has 1 N–H and O–H groups in total. The first kappa shape index (κ1) is 19.2. The van der Waals surface area contributed by atoms with Crippen LogP contribution in [0.3, 0.4) is 0 Å². The Balaban J connectivity index is 1.96. The molecule has 2 aromatic carbocycles. The third kappa shape index (κ3) is 6.74. The van der Waals surface area contributed by atoms with Crippen molar-refractivity contribution >= 4 is 34.7 Å². The summed E-state index contributed by atoms with van der Waals surface area (Å²) in [6.07, 6.45) is -0.302. The van der Waals surface area contributed by atoms with Gasteiger partial charge in [0, 0.05) is 9.99 Å². The van der Waals surface area contributed by atoms with Crippen molar-refractivity contribution in [3.8, 4) is 0 Å². The number of halogens is 1. The topological polar surface area (TPSA) is 64.6 Å². The molecule has 5 nitrogen and oxygen atoms in total. The summed E-state index contributed by atoms with van der Waals surface area (Å²) >= 11 is 2.21. The van der Waals surface area contributed by atoms with Gasteiger partial charge >= 0.3 is 12.1 Å². The molecule has 0 aliphatic rings. The van der Waals surface area contributed by atoms with Gasteiger partial charge in [-0.3, -0.25) is 0 Å². The number of amides is 1. The van der Waals surface area contributed by atoms with Gasteiger partial charge in [-0.05, 0) is 52.8 Å². The van der Waals surface area contributed by atoms with Crippen LogP contribution in [-0.2, 0) is 27.3 Å². The molecule has 0 aliphatic carbocycles. The van der Waals surface area contributed by atoms with Crippen molar-refractivity contribution in [1.29, 1.82) is 0 Å². The molecule has 2 rings (SSSR count). The maximum Gasteiger partial charge on any atom is 0.408 e. The van der Waals surface area contributed by atoms with Crippen molar-refractivity contribution in [3.63, 3.8) is 0 Å². The van der Waals surface area contributed by atoms with Crippen LogP contribution in [0.4, 0.5) is 4.79 Å². The van der Waals surface area contributed by atoms with Crippen molar-refractivity contribution < 1.29 is 19.1 Å². The van der Waals surface area contributed by atoms with E-state index in [2.05, 4.69) is 27.9 Å². The van der Waals surface area contributed by atoms with Crippen LogP contribution in [0.1, 0.15) is 18.1 Å². The van der Waals surface area contributed by atoms with Gasteiger partial charge in [0.1, 0.15) is 12.6 Å². The molecule has 0 saturated heterocycles. The van der Waals surface area contributed by atoms with Crippen LogP contribution in [0.15, 0.2) is 54.6 Å². The summed E-state index contributed by atoms with van der Waals surface area (Å²) in [5.74, 6) is -0.474. The van der Waals surface area contributed by atoms with Crippen molar-refractivity contribution in [2.75, 3.05) is 6.61 Å². The van der Waals surface area contributed by atoms with E-state index >= 15 is 0 Å². The molecule has 1 atom stereocenters. The highest BCUT2D eigenvalue weighted by atomic mass is 127. The summed E-state index contributed by atoms with van der Waals surface area (Å²) < 4.78 is 11.3. The minimum atomic E-state index is -0.789. The van der Waals surface area contributed by atoms with Gasteiger partial charge in [-0.2, -0.15) is 0 Å². The first-order chi connectivity index (χ1) is 12.1. The second-order valence-corrected chi connectivity index (χ2v) is 6.59. The van der Waals surface area contributed by atoms with Crippen LogP contribution in [-0.4, -0.2) is 24.7 Å². The lowest BCUT2D eigenvalue weighted by Crippen LogP contribution is -2.43. The Morgan fingerprint density at radius 3 is 2.32 bits per heavy atom. The standard InChI is InChI=1S/C19H20INO4/c1-2-24-18(22)17(12-14-8-10-16(20)11-9-14)21-19(23)25-13-15-6-4-3-5-7-15/h3-11,17H,2,12-13H2,1H3,(H,21,23). The van der Waals surface area contributed by atoms with Crippen LogP contribution in [0.2, 0.25) is 0 Å². The molecule has 0 radical (unpaired) electrons. The van der Waals surface area contributed by atoms with Crippen LogP contribution in [0.25, 0.3) is 0 Å². The molecule has 1 unspecified atom stereocenters. The molecule has 0 heterocycles. The maximum atomic E-state index is 12.1. The smallest absolute Gasteiger partial charge is 0.408 e. The van der Waals surface area contributed by atoms with E-state index in [1.165, 1.54) is 0 Å². The van der Waals surface area contributed by atoms with Crippen molar-refractivity contribution in [3.05, 3.63) is 69.3 Å². The minimum Gasteiger partial charge on any atom is -0.464 e. The maximum absolute atomic E-state index is 12.1. The van der Waals surface area contributed by atoms with Gasteiger partial charge in [-0.1, -0.05) is 42.5 Å². The van der Waals surface area contributed by atoms with Gasteiger partial charge in [-0.25, -0.2) is 9.59 Å². The normalized spacial score (nSPS) is 11.4. The Bertz CT molecular complexity index is 688. The number of rotatable bonds is 7. The Morgan fingerprint density at radius 2 is 1.68 bits per heavy atom. The van der Waals surface area contributed by atoms with E-state index in [9.17, 15) is 9.59 Å². The van der Waals surface area contributed by atoms with Crippen molar-refractivity contribution in [1.82, 2.24) is 5.32 Å². The van der Waals surface area contributed by atoms with Crippen molar-refractivity contribution in [2.45, 2.75) is 26.0 Å². The first-order valence-corrected chi connectivity index (χ1v) is 9.04. The quantitative estimate of drug-likeness (QED) is 0.513. The molecular weight excluding hydrogens is 433 g/mol. The molecule has 1 amide bonds. The molecular formula is C19H20INO4. The molecule has 2 aromatic rings. The van der Waals surface area contributed by atoms with Gasteiger partial charge in [0.05, 0.1) is 6.61 Å². The second-order valence-electron chi connectivity index (χ2n) is 5.34. The molecule has 0 bridgehead atoms. The van der Waals surface area contributed by atoms with Crippen molar-refractivity contribution in [2.24, 2.45) is 0 Å². The predicted molar refractivity (Wildman–Crippen MR) is 103 cm³/mol. The van der Waals surface area contributed by atoms with Crippen LogP contribution < -0.4 is 5.32 Å². The molecule has 25 heavy (non-hydrogen) atoms. The fourth-order valence-electron chi connectivity index (χ4n) is 2.20. The molecule has 6 heteroatoms. The highest BCUT2D eigenvalue weighted by Gasteiger charge is 2.23. The number of benzene rings is 2. The van der Waals surface area contributed by atoms with Gasteiger partial charge in [0.25, 0.3) is 0 Å². The van der Waals surface area contributed by atoms with Gasteiger partial charge in [-0.15, -0.1) is 0 Å². The first-order valence-electron chi connectivity index (χ1n) is 7.96. The number of hydrogen-bond donors (Lipinski definition) is 1. The zero-order valence-electron chi connectivity index (χ0n) is 13.9. The van der Waals surface area contributed by atoms with E-state index in [-0.39, 0.29) is 13.2 Å². The lowest BCUT2D eigenvalue weighted by Gasteiger charge is -2.17. The molecule has 0 saturated carbocycles. The highest BCUT2D eigenvalue weighted by Crippen LogP contribution is 2.10. The average Bonchev–Trinajstić information content (AvgIpc) is 2.62. The second kappa shape index (κ2) is 10.0. The Morgan fingerprint density at radius 1 is 1.00 bits per heavy atom. The minimum absolute atomic E-state index is 0.145. The number of esters is 1. The van der Waals surface area contributed by atoms with E-state index < -0.39 is 18.1 Å². The SMILES string of the molecule is CCOC(=O)C(Cc1ccc(I)cc1)NC(=O)OCc1ccccc1. The summed E-state index contributed by atoms with van der Waals surface area (Å²) in [6.45, 7) is 2.13. The number of alkyl carbamates (subject to hydrolysis) is 1. The molecule has 0 spiro atoms. The highest BCUT2D eigenvalue weighted by molar-refractivity contribution is 14.1. The number of carbonyl (C=O) groups excluding carboxylic acids is 2. The van der Waals surface area contributed by atoms with E-state index in [0.717, 1.165) is 14.7 Å². The van der Waals surface area contributed by atoms with E-state index in [4.69, 9.17) is 9.47 Å². The molecule has 0 fully saturated rings. The number of hydrogen-bond acceptors (Lipinski definition) is 4. The fraction of sp³-hybridized carbons (Fsp3) is 0.263. The monoisotopic (exact) mass is 453 g/mol. The summed E-state index contributed by atoms with van der Waals surface area (Å²) in [7, 11) is 0. The van der Waals surface area contributed by atoms with Crippen LogP contribution >= 0.6 is 22.6 Å². The summed E-state index contributed by atoms with van der Waals surface area (Å²) in [5.41, 5.74) is 1.81. The summed E-state index contributed by atoms with van der Waals surface area (Å²) in [6, 6.07) is 16.3. The zero-order chi connectivity index (χ0) is 18.1.